The van der Waals surface area contributed by atoms with Crippen molar-refractivity contribution in [1.29, 1.82) is 0 Å². The van der Waals surface area contributed by atoms with Crippen LogP contribution in [0.4, 0.5) is 5.69 Å². The number of nitrogens with one attached hydrogen (secondary N) is 1. The van der Waals surface area contributed by atoms with Crippen LogP contribution in [0.5, 0.6) is 0 Å². The van der Waals surface area contributed by atoms with Gasteiger partial charge in [0.1, 0.15) is 0 Å². The number of carbonyl (C=O) groups excluding carboxylic acids is 1. The van der Waals surface area contributed by atoms with Gasteiger partial charge in [-0.1, -0.05) is 31.4 Å². The van der Waals surface area contributed by atoms with Gasteiger partial charge in [-0.05, 0) is 37.1 Å². The van der Waals surface area contributed by atoms with Crippen LogP contribution in [0.15, 0.2) is 29.2 Å². The number of para-hydroxylation sites is 1. The minimum absolute atomic E-state index is 0.184. The molecule has 0 aromatic heterocycles. The van der Waals surface area contributed by atoms with E-state index in [4.69, 9.17) is 0 Å². The van der Waals surface area contributed by atoms with Crippen molar-refractivity contribution >= 4 is 23.4 Å². The highest BCUT2D eigenvalue weighted by atomic mass is 32.2. The van der Waals surface area contributed by atoms with Gasteiger partial charge in [0, 0.05) is 17.5 Å². The summed E-state index contributed by atoms with van der Waals surface area (Å²) >= 11 is 1.90. The van der Waals surface area contributed by atoms with Crippen LogP contribution in [0.25, 0.3) is 0 Å². The summed E-state index contributed by atoms with van der Waals surface area (Å²) in [5, 5.41) is 3.23. The Morgan fingerprint density at radius 1 is 1.19 bits per heavy atom. The Morgan fingerprint density at radius 3 is 2.86 bits per heavy atom. The zero-order chi connectivity index (χ0) is 14.5. The second-order valence-corrected chi connectivity index (χ2v) is 7.13. The average Bonchev–Trinajstić information content (AvgIpc) is 2.71. The Hall–Kier alpha value is -1.16. The Balaban J connectivity index is 1.62. The van der Waals surface area contributed by atoms with Crippen LogP contribution in [0.3, 0.4) is 0 Å². The van der Waals surface area contributed by atoms with Crippen molar-refractivity contribution in [3.63, 3.8) is 0 Å². The van der Waals surface area contributed by atoms with Crippen molar-refractivity contribution < 1.29 is 4.79 Å². The van der Waals surface area contributed by atoms with Gasteiger partial charge in [0.2, 0.25) is 5.91 Å². The van der Waals surface area contributed by atoms with E-state index in [1.165, 1.54) is 29.8 Å². The molecule has 0 unspecified atom stereocenters. The van der Waals surface area contributed by atoms with E-state index in [9.17, 15) is 4.79 Å². The molecule has 0 saturated heterocycles. The smallest absolute Gasteiger partial charge is 0.239 e. The summed E-state index contributed by atoms with van der Waals surface area (Å²) in [6.07, 6.45) is 7.28. The van der Waals surface area contributed by atoms with Crippen molar-refractivity contribution in [3.05, 3.63) is 24.3 Å². The molecule has 0 bridgehead atoms. The first-order valence-electron chi connectivity index (χ1n) is 8.09. The lowest BCUT2D eigenvalue weighted by Crippen LogP contribution is -2.43. The molecule has 1 N–H and O–H groups in total. The molecule has 1 aromatic carbocycles. The van der Waals surface area contributed by atoms with Crippen LogP contribution >= 0.6 is 11.8 Å². The van der Waals surface area contributed by atoms with Gasteiger partial charge in [0.25, 0.3) is 0 Å². The number of nitrogens with zero attached hydrogens (tertiary/aromatic N) is 1. The molecule has 0 radical (unpaired) electrons. The second-order valence-electron chi connectivity index (χ2n) is 5.99. The van der Waals surface area contributed by atoms with Gasteiger partial charge < -0.3 is 10.2 Å². The second kappa shape index (κ2) is 7.21. The van der Waals surface area contributed by atoms with E-state index in [-0.39, 0.29) is 5.91 Å². The molecule has 0 atom stereocenters. The van der Waals surface area contributed by atoms with Gasteiger partial charge in [-0.2, -0.15) is 0 Å². The fraction of sp³-hybridized carbons (Fsp3) is 0.588. The van der Waals surface area contributed by atoms with Crippen LogP contribution in [0.2, 0.25) is 0 Å². The number of anilines is 1. The minimum atomic E-state index is 0.184. The monoisotopic (exact) mass is 304 g/mol. The van der Waals surface area contributed by atoms with E-state index in [1.54, 1.807) is 0 Å². The zero-order valence-corrected chi connectivity index (χ0v) is 13.3. The number of rotatable bonds is 3. The summed E-state index contributed by atoms with van der Waals surface area (Å²) in [4.78, 5) is 15.9. The van der Waals surface area contributed by atoms with E-state index in [0.29, 0.717) is 12.6 Å². The number of fused-ring (bicyclic) bond motifs is 1. The van der Waals surface area contributed by atoms with Crippen LogP contribution in [0, 0.1) is 0 Å². The zero-order valence-electron chi connectivity index (χ0n) is 12.5. The topological polar surface area (TPSA) is 32.3 Å². The fourth-order valence-electron chi connectivity index (χ4n) is 3.26. The fourth-order valence-corrected chi connectivity index (χ4v) is 4.27. The Bertz CT molecular complexity index is 485. The molecule has 1 saturated carbocycles. The lowest BCUT2D eigenvalue weighted by atomic mass is 9.95. The molecule has 1 fully saturated rings. The standard InChI is InChI=1S/C17H24N2OS/c20-17(18-14-7-2-1-3-8-14)13-19-11-6-12-21-16-10-5-4-9-15(16)19/h4-5,9-10,14H,1-3,6-8,11-13H2,(H,18,20). The molecule has 1 amide bonds. The molecule has 3 nitrogen and oxygen atoms in total. The summed E-state index contributed by atoms with van der Waals surface area (Å²) in [6.45, 7) is 1.47. The van der Waals surface area contributed by atoms with Crippen molar-refractivity contribution in [2.45, 2.75) is 49.5 Å². The molecule has 21 heavy (non-hydrogen) atoms. The maximum atomic E-state index is 12.3. The first-order valence-corrected chi connectivity index (χ1v) is 9.07. The predicted octanol–water partition coefficient (Wildman–Crippen LogP) is 3.44. The molecule has 4 heteroatoms. The summed E-state index contributed by atoms with van der Waals surface area (Å²) in [6, 6.07) is 8.86. The molecule has 1 heterocycles. The van der Waals surface area contributed by atoms with Crippen LogP contribution in [-0.2, 0) is 4.79 Å². The molecule has 114 valence electrons. The Labute approximate surface area is 131 Å². The lowest BCUT2D eigenvalue weighted by Gasteiger charge is -2.27. The maximum Gasteiger partial charge on any atom is 0.239 e. The molecule has 2 aliphatic rings. The number of hydrogen-bond acceptors (Lipinski definition) is 3. The third kappa shape index (κ3) is 3.94. The van der Waals surface area contributed by atoms with Gasteiger partial charge in [0.05, 0.1) is 12.2 Å². The van der Waals surface area contributed by atoms with E-state index in [2.05, 4.69) is 34.5 Å². The number of carbonyl (C=O) groups is 1. The van der Waals surface area contributed by atoms with Gasteiger partial charge in [0.15, 0.2) is 0 Å². The van der Waals surface area contributed by atoms with Gasteiger partial charge >= 0.3 is 0 Å². The quantitative estimate of drug-likeness (QED) is 0.928. The van der Waals surface area contributed by atoms with Crippen molar-refractivity contribution in [3.8, 4) is 0 Å². The van der Waals surface area contributed by atoms with Gasteiger partial charge in [-0.15, -0.1) is 11.8 Å². The van der Waals surface area contributed by atoms with E-state index in [1.807, 2.05) is 11.8 Å². The average molecular weight is 304 g/mol. The molecule has 3 rings (SSSR count). The number of benzene rings is 1. The summed E-state index contributed by atoms with van der Waals surface area (Å²) in [5.41, 5.74) is 1.22. The highest BCUT2D eigenvalue weighted by Gasteiger charge is 2.20. The predicted molar refractivity (Wildman–Crippen MR) is 89.0 cm³/mol. The summed E-state index contributed by atoms with van der Waals surface area (Å²) in [7, 11) is 0. The maximum absolute atomic E-state index is 12.3. The SMILES string of the molecule is O=C(CN1CCCSc2ccccc21)NC1CCCCC1. The van der Waals surface area contributed by atoms with Crippen LogP contribution < -0.4 is 10.2 Å². The number of hydrogen-bond donors (Lipinski definition) is 1. The van der Waals surface area contributed by atoms with Gasteiger partial charge in [-0.25, -0.2) is 0 Å². The van der Waals surface area contributed by atoms with Gasteiger partial charge in [-0.3, -0.25) is 4.79 Å². The van der Waals surface area contributed by atoms with Crippen LogP contribution in [-0.4, -0.2) is 30.8 Å². The first-order chi connectivity index (χ1) is 10.3. The third-order valence-electron chi connectivity index (χ3n) is 4.34. The Morgan fingerprint density at radius 2 is 2.00 bits per heavy atom. The minimum Gasteiger partial charge on any atom is -0.361 e. The summed E-state index contributed by atoms with van der Waals surface area (Å²) in [5.74, 6) is 1.32. The number of amides is 1. The van der Waals surface area contributed by atoms with E-state index in [0.717, 1.165) is 31.6 Å². The lowest BCUT2D eigenvalue weighted by molar-refractivity contribution is -0.120. The van der Waals surface area contributed by atoms with Crippen molar-refractivity contribution in [2.75, 3.05) is 23.7 Å². The molecule has 0 spiro atoms. The normalized spacial score (nSPS) is 19.7. The largest absolute Gasteiger partial charge is 0.361 e. The molecular weight excluding hydrogens is 280 g/mol. The van der Waals surface area contributed by atoms with Crippen LogP contribution in [0.1, 0.15) is 38.5 Å². The van der Waals surface area contributed by atoms with Crippen molar-refractivity contribution in [1.82, 2.24) is 5.32 Å². The Kier molecular flexibility index (Phi) is 5.07. The molecule has 1 aliphatic heterocycles. The summed E-state index contributed by atoms with van der Waals surface area (Å²) < 4.78 is 0. The van der Waals surface area contributed by atoms with Crippen molar-refractivity contribution in [2.24, 2.45) is 0 Å². The molecule has 1 aliphatic carbocycles. The first kappa shape index (κ1) is 14.8. The molecular formula is C17H24N2OS. The van der Waals surface area contributed by atoms with E-state index >= 15 is 0 Å². The molecule has 1 aromatic rings. The highest BCUT2D eigenvalue weighted by molar-refractivity contribution is 7.99. The number of thioether (sulfide) groups is 1. The third-order valence-corrected chi connectivity index (χ3v) is 5.49. The van der Waals surface area contributed by atoms with E-state index < -0.39 is 0 Å². The highest BCUT2D eigenvalue weighted by Crippen LogP contribution is 2.33.